The van der Waals surface area contributed by atoms with Crippen molar-refractivity contribution in [3.63, 3.8) is 0 Å². The molecule has 1 N–H and O–H groups in total. The van der Waals surface area contributed by atoms with E-state index in [9.17, 15) is 9.50 Å². The molecule has 2 aromatic rings. The first-order valence-electron chi connectivity index (χ1n) is 5.57. The van der Waals surface area contributed by atoms with Gasteiger partial charge in [0.25, 0.3) is 0 Å². The van der Waals surface area contributed by atoms with Gasteiger partial charge in [-0.15, -0.1) is 17.9 Å². The molecule has 0 aliphatic heterocycles. The fourth-order valence-electron chi connectivity index (χ4n) is 1.72. The molecule has 0 radical (unpaired) electrons. The number of benzene rings is 1. The van der Waals surface area contributed by atoms with Gasteiger partial charge < -0.3 is 5.11 Å². The van der Waals surface area contributed by atoms with Crippen molar-refractivity contribution in [3.05, 3.63) is 47.1 Å². The Labute approximate surface area is 104 Å². The van der Waals surface area contributed by atoms with E-state index < -0.39 is 6.10 Å². The monoisotopic (exact) mass is 250 g/mol. The molecule has 1 atom stereocenters. The summed E-state index contributed by atoms with van der Waals surface area (Å²) in [6, 6.07) is 6.63. The van der Waals surface area contributed by atoms with Crippen LogP contribution in [-0.2, 0) is 0 Å². The molecule has 17 heavy (non-hydrogen) atoms. The van der Waals surface area contributed by atoms with Crippen LogP contribution in [0.15, 0.2) is 36.4 Å². The predicted molar refractivity (Wildman–Crippen MR) is 70.8 cm³/mol. The molecule has 1 nitrogen and oxygen atoms in total. The van der Waals surface area contributed by atoms with Crippen molar-refractivity contribution in [2.45, 2.75) is 25.9 Å². The summed E-state index contributed by atoms with van der Waals surface area (Å²) in [6.07, 6.45) is 1.00. The van der Waals surface area contributed by atoms with Crippen LogP contribution in [0.2, 0.25) is 0 Å². The van der Waals surface area contributed by atoms with Crippen molar-refractivity contribution in [3.8, 4) is 0 Å². The summed E-state index contributed by atoms with van der Waals surface area (Å²) in [7, 11) is 0. The van der Waals surface area contributed by atoms with Gasteiger partial charge in [0.05, 0.1) is 6.10 Å². The number of aliphatic hydroxyl groups is 1. The SMILES string of the molecule is C=C(C)CCC(O)c1cc2ccc(F)cc2s1. The van der Waals surface area contributed by atoms with Gasteiger partial charge in [-0.25, -0.2) is 4.39 Å². The van der Waals surface area contributed by atoms with Crippen molar-refractivity contribution in [1.82, 2.24) is 0 Å². The van der Waals surface area contributed by atoms with E-state index in [1.54, 1.807) is 6.07 Å². The number of fused-ring (bicyclic) bond motifs is 1. The third-order valence-corrected chi connectivity index (χ3v) is 3.87. The molecule has 2 rings (SSSR count). The lowest BCUT2D eigenvalue weighted by molar-refractivity contribution is 0.171. The highest BCUT2D eigenvalue weighted by atomic mass is 32.1. The third-order valence-electron chi connectivity index (χ3n) is 2.67. The maximum Gasteiger partial charge on any atom is 0.124 e. The molecule has 1 unspecified atom stereocenters. The zero-order valence-electron chi connectivity index (χ0n) is 9.74. The van der Waals surface area contributed by atoms with E-state index in [-0.39, 0.29) is 5.82 Å². The van der Waals surface area contributed by atoms with Crippen molar-refractivity contribution in [2.75, 3.05) is 0 Å². The highest BCUT2D eigenvalue weighted by Gasteiger charge is 2.11. The Balaban J connectivity index is 2.21. The predicted octanol–water partition coefficient (Wildman–Crippen LogP) is 4.43. The Hall–Kier alpha value is -1.19. The Morgan fingerprint density at radius 3 is 2.94 bits per heavy atom. The molecule has 0 bridgehead atoms. The number of hydrogen-bond donors (Lipinski definition) is 1. The molecule has 1 aromatic heterocycles. The number of aliphatic hydroxyl groups excluding tert-OH is 1. The Kier molecular flexibility index (Phi) is 3.60. The fraction of sp³-hybridized carbons (Fsp3) is 0.286. The lowest BCUT2D eigenvalue weighted by Crippen LogP contribution is -1.94. The molecule has 90 valence electrons. The second-order valence-electron chi connectivity index (χ2n) is 4.34. The highest BCUT2D eigenvalue weighted by Crippen LogP contribution is 2.32. The number of thiophene rings is 1. The van der Waals surface area contributed by atoms with Crippen LogP contribution in [-0.4, -0.2) is 5.11 Å². The van der Waals surface area contributed by atoms with E-state index in [2.05, 4.69) is 6.58 Å². The largest absolute Gasteiger partial charge is 0.388 e. The summed E-state index contributed by atoms with van der Waals surface area (Å²) >= 11 is 1.45. The summed E-state index contributed by atoms with van der Waals surface area (Å²) in [5, 5.41) is 11.0. The Morgan fingerprint density at radius 2 is 2.24 bits per heavy atom. The third kappa shape index (κ3) is 2.93. The van der Waals surface area contributed by atoms with Crippen molar-refractivity contribution >= 4 is 21.4 Å². The standard InChI is InChI=1S/C14H15FOS/c1-9(2)3-6-12(16)14-7-10-4-5-11(15)8-13(10)17-14/h4-5,7-8,12,16H,1,3,6H2,2H3. The van der Waals surface area contributed by atoms with Crippen molar-refractivity contribution in [1.29, 1.82) is 0 Å². The molecule has 0 aliphatic rings. The van der Waals surface area contributed by atoms with Gasteiger partial charge in [0.1, 0.15) is 5.82 Å². The minimum atomic E-state index is -0.479. The van der Waals surface area contributed by atoms with Gasteiger partial charge in [-0.05, 0) is 43.4 Å². The second-order valence-corrected chi connectivity index (χ2v) is 5.46. The Morgan fingerprint density at radius 1 is 1.47 bits per heavy atom. The van der Waals surface area contributed by atoms with Gasteiger partial charge in [0.15, 0.2) is 0 Å². The zero-order chi connectivity index (χ0) is 12.4. The van der Waals surface area contributed by atoms with Crippen LogP contribution in [0.4, 0.5) is 4.39 Å². The van der Waals surface area contributed by atoms with Crippen LogP contribution in [0.25, 0.3) is 10.1 Å². The number of rotatable bonds is 4. The first-order valence-corrected chi connectivity index (χ1v) is 6.39. The van der Waals surface area contributed by atoms with Gasteiger partial charge in [-0.3, -0.25) is 0 Å². The number of hydrogen-bond acceptors (Lipinski definition) is 2. The topological polar surface area (TPSA) is 20.2 Å². The fourth-order valence-corrected chi connectivity index (χ4v) is 2.83. The summed E-state index contributed by atoms with van der Waals surface area (Å²) in [6.45, 7) is 5.77. The van der Waals surface area contributed by atoms with Crippen molar-refractivity contribution < 1.29 is 9.50 Å². The first kappa shape index (κ1) is 12.3. The van der Waals surface area contributed by atoms with Gasteiger partial charge in [0.2, 0.25) is 0 Å². The van der Waals surface area contributed by atoms with Crippen LogP contribution < -0.4 is 0 Å². The zero-order valence-corrected chi connectivity index (χ0v) is 10.6. The van der Waals surface area contributed by atoms with Crippen LogP contribution in [0.3, 0.4) is 0 Å². The lowest BCUT2D eigenvalue weighted by Gasteiger charge is -2.07. The quantitative estimate of drug-likeness (QED) is 0.796. The Bertz CT molecular complexity index is 544. The minimum absolute atomic E-state index is 0.234. The highest BCUT2D eigenvalue weighted by molar-refractivity contribution is 7.19. The minimum Gasteiger partial charge on any atom is -0.388 e. The summed E-state index contributed by atoms with van der Waals surface area (Å²) in [5.74, 6) is -0.234. The molecule has 3 heteroatoms. The van der Waals surface area contributed by atoms with E-state index >= 15 is 0 Å². The van der Waals surface area contributed by atoms with Crippen molar-refractivity contribution in [2.24, 2.45) is 0 Å². The smallest absolute Gasteiger partial charge is 0.124 e. The van der Waals surface area contributed by atoms with Crippen LogP contribution in [0.1, 0.15) is 30.7 Å². The van der Waals surface area contributed by atoms with Crippen LogP contribution >= 0.6 is 11.3 Å². The van der Waals surface area contributed by atoms with Crippen LogP contribution in [0.5, 0.6) is 0 Å². The second kappa shape index (κ2) is 4.98. The molecule has 0 saturated heterocycles. The average Bonchev–Trinajstić information content (AvgIpc) is 2.68. The normalized spacial score (nSPS) is 12.9. The molecule has 0 amide bonds. The van der Waals surface area contributed by atoms with Gasteiger partial charge in [0, 0.05) is 9.58 Å². The van der Waals surface area contributed by atoms with E-state index in [4.69, 9.17) is 0 Å². The molecule has 0 fully saturated rings. The molecule has 0 saturated carbocycles. The van der Waals surface area contributed by atoms with Gasteiger partial charge >= 0.3 is 0 Å². The summed E-state index contributed by atoms with van der Waals surface area (Å²) in [5.41, 5.74) is 1.07. The molecular weight excluding hydrogens is 235 g/mol. The average molecular weight is 250 g/mol. The lowest BCUT2D eigenvalue weighted by atomic mass is 10.1. The van der Waals surface area contributed by atoms with Crippen LogP contribution in [0, 0.1) is 5.82 Å². The molecular formula is C14H15FOS. The number of allylic oxidation sites excluding steroid dienone is 1. The maximum atomic E-state index is 13.0. The summed E-state index contributed by atoms with van der Waals surface area (Å²) in [4.78, 5) is 0.895. The summed E-state index contributed by atoms with van der Waals surface area (Å²) < 4.78 is 13.9. The number of halogens is 1. The molecule has 0 aliphatic carbocycles. The first-order chi connectivity index (χ1) is 8.06. The van der Waals surface area contributed by atoms with Gasteiger partial charge in [-0.2, -0.15) is 0 Å². The van der Waals surface area contributed by atoms with E-state index in [1.165, 1.54) is 23.5 Å². The molecule has 0 spiro atoms. The maximum absolute atomic E-state index is 13.0. The van der Waals surface area contributed by atoms with E-state index in [0.29, 0.717) is 6.42 Å². The molecule has 1 aromatic carbocycles. The van der Waals surface area contributed by atoms with Gasteiger partial charge in [-0.1, -0.05) is 11.6 Å². The van der Waals surface area contributed by atoms with E-state index in [0.717, 1.165) is 27.0 Å². The van der Waals surface area contributed by atoms with E-state index in [1.807, 2.05) is 13.0 Å². The molecule has 1 heterocycles.